The molecular formula is C35H37F6N7O6S3. The van der Waals surface area contributed by atoms with Crippen molar-refractivity contribution < 1.29 is 53.9 Å². The molecule has 22 heteroatoms. The number of urea groups is 1. The first-order valence-electron chi connectivity index (χ1n) is 18.0. The first-order chi connectivity index (χ1) is 26.7. The lowest BCUT2D eigenvalue weighted by Gasteiger charge is -2.40. The molecule has 3 fully saturated rings. The Hall–Kier alpha value is -4.31. The molecule has 4 amide bonds. The van der Waals surface area contributed by atoms with E-state index in [1.54, 1.807) is 13.1 Å². The van der Waals surface area contributed by atoms with Crippen molar-refractivity contribution in [2.75, 3.05) is 20.1 Å². The van der Waals surface area contributed by atoms with Crippen LogP contribution in [0.15, 0.2) is 35.0 Å². The summed E-state index contributed by atoms with van der Waals surface area (Å²) in [6, 6.07) is 0.872. The van der Waals surface area contributed by atoms with Gasteiger partial charge < -0.3 is 19.9 Å². The predicted octanol–water partition coefficient (Wildman–Crippen LogP) is 6.24. The van der Waals surface area contributed by atoms with Crippen LogP contribution in [-0.4, -0.2) is 93.6 Å². The molecule has 308 valence electrons. The van der Waals surface area contributed by atoms with E-state index < -0.39 is 80.0 Å². The second-order valence-corrected chi connectivity index (χ2v) is 18.8. The van der Waals surface area contributed by atoms with E-state index in [9.17, 15) is 49.1 Å². The second-order valence-electron chi connectivity index (χ2n) is 14.9. The van der Waals surface area contributed by atoms with Crippen LogP contribution >= 0.6 is 22.7 Å². The maximum Gasteiger partial charge on any atom is 0.434 e. The number of halogens is 6. The van der Waals surface area contributed by atoms with Crippen LogP contribution in [0.25, 0.3) is 21.4 Å². The molecule has 2 aliphatic heterocycles. The summed E-state index contributed by atoms with van der Waals surface area (Å²) in [5.74, 6) is -2.15. The van der Waals surface area contributed by atoms with E-state index in [-0.39, 0.29) is 53.0 Å². The summed E-state index contributed by atoms with van der Waals surface area (Å²) in [7, 11) is -2.46. The summed E-state index contributed by atoms with van der Waals surface area (Å²) >= 11 is 1.24. The monoisotopic (exact) mass is 861 g/mol. The summed E-state index contributed by atoms with van der Waals surface area (Å²) in [6.07, 6.45) is -3.80. The van der Waals surface area contributed by atoms with Crippen molar-refractivity contribution in [3.63, 3.8) is 0 Å². The molecule has 4 aliphatic rings. The fraction of sp³-hybridized carbons (Fsp3) is 0.543. The van der Waals surface area contributed by atoms with Crippen molar-refractivity contribution in [1.29, 1.82) is 0 Å². The van der Waals surface area contributed by atoms with Crippen LogP contribution in [0.2, 0.25) is 0 Å². The molecular weight excluding hydrogens is 825 g/mol. The average Bonchev–Trinajstić information content (AvgIpc) is 3.85. The number of carbonyl (C=O) groups is 3. The van der Waals surface area contributed by atoms with Gasteiger partial charge in [-0.2, -0.15) is 26.3 Å². The molecule has 4 atom stereocenters. The third-order valence-corrected chi connectivity index (χ3v) is 14.5. The number of allylic oxidation sites excluding steroid dienone is 1. The highest BCUT2D eigenvalue weighted by Crippen LogP contribution is 2.48. The number of aromatic nitrogens is 3. The highest BCUT2D eigenvalue weighted by molar-refractivity contribution is 7.91. The lowest BCUT2D eigenvalue weighted by molar-refractivity contribution is -0.141. The molecule has 13 nitrogen and oxygen atoms in total. The zero-order valence-corrected chi connectivity index (χ0v) is 32.9. The van der Waals surface area contributed by atoms with Gasteiger partial charge in [-0.15, -0.1) is 22.7 Å². The number of amides is 4. The van der Waals surface area contributed by atoms with Crippen molar-refractivity contribution in [2.24, 2.45) is 5.92 Å². The molecule has 0 radical (unpaired) electrons. The van der Waals surface area contributed by atoms with Crippen LogP contribution in [0.5, 0.6) is 5.75 Å². The largest absolute Gasteiger partial charge is 0.490 e. The zero-order valence-electron chi connectivity index (χ0n) is 30.4. The smallest absolute Gasteiger partial charge is 0.434 e. The zero-order chi connectivity index (χ0) is 41.1. The summed E-state index contributed by atoms with van der Waals surface area (Å²) in [4.78, 5) is 56.2. The number of alkyl halides is 6. The Morgan fingerprint density at radius 3 is 2.14 bits per heavy atom. The van der Waals surface area contributed by atoms with E-state index in [0.717, 1.165) is 17.2 Å². The number of pyridine rings is 1. The van der Waals surface area contributed by atoms with Crippen molar-refractivity contribution >= 4 is 50.5 Å². The Kier molecular flexibility index (Phi) is 10.6. The SMILES string of the molecule is CN1CCCC/C=C/[C@H]2C[C@]2(C(=O)NS(=O)(=O)C2(C)CC2)NC(=O)[C@@H]2C[C@@H](Oc3cc(-c4nc(C(F)(F)F)cs4)nc(-c4nc(C(F)(F)F)cs4)c3)CCN2C1=O. The summed E-state index contributed by atoms with van der Waals surface area (Å²) in [6.45, 7) is 1.92. The molecule has 0 unspecified atom stereocenters. The highest BCUT2D eigenvalue weighted by Gasteiger charge is 2.63. The van der Waals surface area contributed by atoms with E-state index in [2.05, 4.69) is 25.0 Å². The van der Waals surface area contributed by atoms with Crippen LogP contribution < -0.4 is 14.8 Å². The van der Waals surface area contributed by atoms with E-state index in [4.69, 9.17) is 4.74 Å². The second kappa shape index (κ2) is 14.8. The quantitative estimate of drug-likeness (QED) is 0.207. The van der Waals surface area contributed by atoms with Crippen molar-refractivity contribution in [3.05, 3.63) is 46.4 Å². The maximum absolute atomic E-state index is 14.3. The van der Waals surface area contributed by atoms with Crippen LogP contribution in [0.4, 0.5) is 31.1 Å². The summed E-state index contributed by atoms with van der Waals surface area (Å²) in [5, 5.41) is 3.96. The number of carbonyl (C=O) groups excluding carboxylic acids is 3. The minimum Gasteiger partial charge on any atom is -0.490 e. The predicted molar refractivity (Wildman–Crippen MR) is 195 cm³/mol. The Morgan fingerprint density at radius 1 is 0.965 bits per heavy atom. The van der Waals surface area contributed by atoms with Crippen molar-refractivity contribution in [2.45, 2.75) is 93.1 Å². The van der Waals surface area contributed by atoms with Crippen LogP contribution in [0.1, 0.15) is 69.7 Å². The van der Waals surface area contributed by atoms with Gasteiger partial charge in [-0.25, -0.2) is 28.2 Å². The number of hydrogen-bond donors (Lipinski definition) is 2. The highest BCUT2D eigenvalue weighted by atomic mass is 32.2. The fourth-order valence-corrected chi connectivity index (χ4v) is 9.68. The normalized spacial score (nSPS) is 26.1. The van der Waals surface area contributed by atoms with E-state index in [1.165, 1.54) is 28.9 Å². The lowest BCUT2D eigenvalue weighted by Crippen LogP contribution is -2.61. The van der Waals surface area contributed by atoms with Crippen molar-refractivity contribution in [1.82, 2.24) is 34.8 Å². The number of nitrogens with zero attached hydrogens (tertiary/aromatic N) is 5. The Morgan fingerprint density at radius 2 is 1.58 bits per heavy atom. The first-order valence-corrected chi connectivity index (χ1v) is 21.3. The third-order valence-electron chi connectivity index (χ3n) is 10.6. The van der Waals surface area contributed by atoms with Crippen molar-refractivity contribution in [3.8, 4) is 27.2 Å². The molecule has 0 spiro atoms. The molecule has 0 bridgehead atoms. The topological polar surface area (TPSA) is 164 Å². The molecule has 57 heavy (non-hydrogen) atoms. The van der Waals surface area contributed by atoms with Gasteiger partial charge in [0.1, 0.15) is 44.8 Å². The summed E-state index contributed by atoms with van der Waals surface area (Å²) < 4.78 is 114. The molecule has 2 saturated carbocycles. The number of thiazole rings is 2. The van der Waals surface area contributed by atoms with Crippen LogP contribution in [-0.2, 0) is 32.0 Å². The van der Waals surface area contributed by atoms with Crippen LogP contribution in [0, 0.1) is 5.92 Å². The number of piperidine rings is 1. The average molecular weight is 862 g/mol. The molecule has 2 N–H and O–H groups in total. The standard InChI is InChI=1S/C35H37F6N7O6S3/c1-32(9-10-32)57(52,53)46-30(50)33-16-19(33)7-5-3-4-6-11-47(2)31(51)48-12-8-20(15-24(48)27(49)45-33)54-21-13-22(28-43-25(17-55-28)34(36,37)38)42-23(14-21)29-44-26(18-56-29)35(39,40)41/h5,7,13-14,17-20,24H,3-4,6,8-12,15-16H2,1-2H3,(H,45,49)(H,46,50)/b7-5+/t19-,20-,24-,33-/m0/s1. The van der Waals surface area contributed by atoms with Gasteiger partial charge in [0.25, 0.3) is 5.91 Å². The lowest BCUT2D eigenvalue weighted by atomic mass is 9.97. The minimum absolute atomic E-state index is 0.00513. The van der Waals surface area contributed by atoms with E-state index >= 15 is 0 Å². The van der Waals surface area contributed by atoms with Gasteiger partial charge in [0, 0.05) is 61.8 Å². The van der Waals surface area contributed by atoms with Gasteiger partial charge in [-0.05, 0) is 45.4 Å². The van der Waals surface area contributed by atoms with Gasteiger partial charge in [0.05, 0.1) is 4.75 Å². The molecule has 0 aromatic carbocycles. The van der Waals surface area contributed by atoms with Crippen LogP contribution in [0.3, 0.4) is 0 Å². The fourth-order valence-electron chi connectivity index (χ4n) is 6.80. The van der Waals surface area contributed by atoms with E-state index in [0.29, 0.717) is 54.9 Å². The third kappa shape index (κ3) is 8.48. The number of hydrogen-bond acceptors (Lipinski definition) is 11. The molecule has 1 saturated heterocycles. The van der Waals surface area contributed by atoms with Gasteiger partial charge in [0.2, 0.25) is 15.9 Å². The minimum atomic E-state index is -4.77. The molecule has 2 aliphatic carbocycles. The van der Waals surface area contributed by atoms with Gasteiger partial charge in [-0.1, -0.05) is 12.2 Å². The first kappa shape index (κ1) is 40.9. The number of sulfonamides is 1. The Balaban J connectivity index is 1.19. The number of nitrogens with one attached hydrogen (secondary N) is 2. The number of ether oxygens (including phenoxy) is 1. The molecule has 7 rings (SSSR count). The Labute approximate surface area is 331 Å². The van der Waals surface area contributed by atoms with E-state index in [1.807, 2.05) is 6.08 Å². The molecule has 3 aromatic heterocycles. The maximum atomic E-state index is 14.3. The molecule has 3 aromatic rings. The summed E-state index contributed by atoms with van der Waals surface area (Å²) in [5.41, 5.74) is -4.25. The van der Waals surface area contributed by atoms with Gasteiger partial charge >= 0.3 is 18.4 Å². The number of fused-ring (bicyclic) bond motifs is 2. The van der Waals surface area contributed by atoms with Gasteiger partial charge in [-0.3, -0.25) is 14.3 Å². The van der Waals surface area contributed by atoms with Gasteiger partial charge in [0.15, 0.2) is 11.4 Å². The Bertz CT molecular complexity index is 2130. The number of rotatable bonds is 7. The molecule has 5 heterocycles.